The maximum absolute atomic E-state index is 12.6. The van der Waals surface area contributed by atoms with E-state index < -0.39 is 0 Å². The van der Waals surface area contributed by atoms with Gasteiger partial charge in [-0.15, -0.1) is 0 Å². The quantitative estimate of drug-likeness (QED) is 0.672. The molecule has 1 aliphatic heterocycles. The SMILES string of the molecule is COc1ccc(-c2cc(C(=O)N[C@H](C)c3ccc(N4CCOCC4)cc3)on2)cc1. The third kappa shape index (κ3) is 4.46. The molecule has 0 unspecified atom stereocenters. The molecule has 0 bridgehead atoms. The van der Waals surface area contributed by atoms with E-state index in [-0.39, 0.29) is 17.7 Å². The number of aromatic nitrogens is 1. The van der Waals surface area contributed by atoms with Crippen molar-refractivity contribution >= 4 is 11.6 Å². The summed E-state index contributed by atoms with van der Waals surface area (Å²) in [6, 6.07) is 17.2. The zero-order chi connectivity index (χ0) is 20.9. The van der Waals surface area contributed by atoms with Crippen molar-refractivity contribution in [2.75, 3.05) is 38.3 Å². The van der Waals surface area contributed by atoms with Crippen LogP contribution in [0.25, 0.3) is 11.3 Å². The number of hydrogen-bond donors (Lipinski definition) is 1. The number of nitrogens with one attached hydrogen (secondary N) is 1. The Bertz CT molecular complexity index is 976. The summed E-state index contributed by atoms with van der Waals surface area (Å²) in [5, 5.41) is 6.98. The second kappa shape index (κ2) is 9.00. The number of carbonyl (C=O) groups is 1. The number of ether oxygens (including phenoxy) is 2. The smallest absolute Gasteiger partial charge is 0.290 e. The van der Waals surface area contributed by atoms with Gasteiger partial charge in [-0.3, -0.25) is 4.79 Å². The minimum absolute atomic E-state index is 0.161. The van der Waals surface area contributed by atoms with Crippen LogP contribution >= 0.6 is 0 Å². The number of nitrogens with zero attached hydrogens (tertiary/aromatic N) is 2. The van der Waals surface area contributed by atoms with E-state index in [9.17, 15) is 4.79 Å². The fourth-order valence-corrected chi connectivity index (χ4v) is 3.43. The molecule has 7 nitrogen and oxygen atoms in total. The molecule has 1 aromatic heterocycles. The Morgan fingerprint density at radius 3 is 2.47 bits per heavy atom. The van der Waals surface area contributed by atoms with Gasteiger partial charge in [-0.05, 0) is 48.9 Å². The van der Waals surface area contributed by atoms with Gasteiger partial charge in [-0.25, -0.2) is 0 Å². The molecular weight excluding hydrogens is 382 g/mol. The van der Waals surface area contributed by atoms with Crippen molar-refractivity contribution in [1.29, 1.82) is 0 Å². The van der Waals surface area contributed by atoms with E-state index in [1.54, 1.807) is 13.2 Å². The van der Waals surface area contributed by atoms with Gasteiger partial charge in [0.25, 0.3) is 5.91 Å². The van der Waals surface area contributed by atoms with Crippen LogP contribution in [-0.4, -0.2) is 44.5 Å². The topological polar surface area (TPSA) is 76.8 Å². The molecule has 156 valence electrons. The highest BCUT2D eigenvalue weighted by atomic mass is 16.5. The second-order valence-corrected chi connectivity index (χ2v) is 7.19. The van der Waals surface area contributed by atoms with E-state index in [2.05, 4.69) is 27.5 Å². The van der Waals surface area contributed by atoms with Crippen LogP contribution in [0.2, 0.25) is 0 Å². The number of benzene rings is 2. The van der Waals surface area contributed by atoms with E-state index in [0.717, 1.165) is 43.2 Å². The van der Waals surface area contributed by atoms with Crippen LogP contribution in [0.5, 0.6) is 5.75 Å². The highest BCUT2D eigenvalue weighted by molar-refractivity contribution is 5.92. The molecule has 0 saturated carbocycles. The maximum Gasteiger partial charge on any atom is 0.290 e. The van der Waals surface area contributed by atoms with Crippen molar-refractivity contribution in [1.82, 2.24) is 10.5 Å². The van der Waals surface area contributed by atoms with Gasteiger partial charge in [-0.2, -0.15) is 0 Å². The molecular formula is C23H25N3O4. The molecule has 1 saturated heterocycles. The van der Waals surface area contributed by atoms with Crippen molar-refractivity contribution in [3.05, 3.63) is 65.9 Å². The normalized spacial score (nSPS) is 14.9. The summed E-state index contributed by atoms with van der Waals surface area (Å²) < 4.78 is 15.8. The maximum atomic E-state index is 12.6. The minimum atomic E-state index is -0.299. The third-order valence-electron chi connectivity index (χ3n) is 5.24. The van der Waals surface area contributed by atoms with Crippen molar-refractivity contribution in [2.45, 2.75) is 13.0 Å². The lowest BCUT2D eigenvalue weighted by atomic mass is 10.1. The number of hydrogen-bond acceptors (Lipinski definition) is 6. The van der Waals surface area contributed by atoms with Crippen molar-refractivity contribution in [3.8, 4) is 17.0 Å². The molecule has 1 fully saturated rings. The number of morpholine rings is 1. The fourth-order valence-electron chi connectivity index (χ4n) is 3.43. The number of carbonyl (C=O) groups excluding carboxylic acids is 1. The highest BCUT2D eigenvalue weighted by Crippen LogP contribution is 2.23. The molecule has 2 aromatic carbocycles. The molecule has 0 radical (unpaired) electrons. The first-order valence-electron chi connectivity index (χ1n) is 9.98. The van der Waals surface area contributed by atoms with Gasteiger partial charge >= 0.3 is 0 Å². The Morgan fingerprint density at radius 2 is 1.80 bits per heavy atom. The van der Waals surface area contributed by atoms with Crippen LogP contribution in [0.1, 0.15) is 29.1 Å². The van der Waals surface area contributed by atoms with Gasteiger partial charge < -0.3 is 24.2 Å². The fraction of sp³-hybridized carbons (Fsp3) is 0.304. The predicted molar refractivity (Wildman–Crippen MR) is 114 cm³/mol. The monoisotopic (exact) mass is 407 g/mol. The summed E-state index contributed by atoms with van der Waals surface area (Å²) in [4.78, 5) is 14.9. The summed E-state index contributed by atoms with van der Waals surface area (Å²) in [5.74, 6) is 0.637. The number of methoxy groups -OCH3 is 1. The lowest BCUT2D eigenvalue weighted by Gasteiger charge is -2.29. The number of amides is 1. The molecule has 30 heavy (non-hydrogen) atoms. The Kier molecular flexibility index (Phi) is 5.99. The first kappa shape index (κ1) is 20.0. The van der Waals surface area contributed by atoms with Crippen molar-refractivity contribution < 1.29 is 18.8 Å². The first-order chi connectivity index (χ1) is 14.6. The van der Waals surface area contributed by atoms with Gasteiger partial charge in [-0.1, -0.05) is 17.3 Å². The summed E-state index contributed by atoms with van der Waals surface area (Å²) in [6.45, 7) is 5.25. The summed E-state index contributed by atoms with van der Waals surface area (Å²) >= 11 is 0. The average molecular weight is 407 g/mol. The molecule has 3 aromatic rings. The van der Waals surface area contributed by atoms with Crippen LogP contribution in [-0.2, 0) is 4.74 Å². The molecule has 4 rings (SSSR count). The molecule has 7 heteroatoms. The van der Waals surface area contributed by atoms with Gasteiger partial charge in [0, 0.05) is 30.4 Å². The minimum Gasteiger partial charge on any atom is -0.497 e. The molecule has 1 aliphatic rings. The molecule has 1 atom stereocenters. The number of rotatable bonds is 6. The number of anilines is 1. The Morgan fingerprint density at radius 1 is 1.10 bits per heavy atom. The Labute approximate surface area is 175 Å². The Balaban J connectivity index is 1.39. The van der Waals surface area contributed by atoms with Crippen molar-refractivity contribution in [2.24, 2.45) is 0 Å². The lowest BCUT2D eigenvalue weighted by molar-refractivity contribution is 0.0902. The summed E-state index contributed by atoms with van der Waals surface area (Å²) in [5.41, 5.74) is 3.64. The average Bonchev–Trinajstić information content (AvgIpc) is 3.30. The van der Waals surface area contributed by atoms with E-state index in [1.807, 2.05) is 43.3 Å². The van der Waals surface area contributed by atoms with Crippen molar-refractivity contribution in [3.63, 3.8) is 0 Å². The van der Waals surface area contributed by atoms with Crippen LogP contribution in [0, 0.1) is 0 Å². The first-order valence-corrected chi connectivity index (χ1v) is 9.98. The molecule has 1 N–H and O–H groups in total. The zero-order valence-electron chi connectivity index (χ0n) is 17.1. The van der Waals surface area contributed by atoms with Crippen LogP contribution in [0.15, 0.2) is 59.1 Å². The van der Waals surface area contributed by atoms with E-state index in [1.165, 1.54) is 5.69 Å². The second-order valence-electron chi connectivity index (χ2n) is 7.19. The van der Waals surface area contributed by atoms with Gasteiger partial charge in [0.2, 0.25) is 5.76 Å². The lowest BCUT2D eigenvalue weighted by Crippen LogP contribution is -2.36. The standard InChI is InChI=1S/C23H25N3O4/c1-16(17-3-7-19(8-4-17)26-11-13-29-14-12-26)24-23(27)22-15-21(25-30-22)18-5-9-20(28-2)10-6-18/h3-10,15-16H,11-14H2,1-2H3,(H,24,27)/t16-/m1/s1. The highest BCUT2D eigenvalue weighted by Gasteiger charge is 2.18. The van der Waals surface area contributed by atoms with Crippen LogP contribution < -0.4 is 15.0 Å². The van der Waals surface area contributed by atoms with E-state index in [0.29, 0.717) is 5.69 Å². The van der Waals surface area contributed by atoms with E-state index in [4.69, 9.17) is 14.0 Å². The third-order valence-corrected chi connectivity index (χ3v) is 5.24. The van der Waals surface area contributed by atoms with E-state index >= 15 is 0 Å². The molecule has 0 spiro atoms. The van der Waals surface area contributed by atoms with Gasteiger partial charge in [0.15, 0.2) is 0 Å². The summed E-state index contributed by atoms with van der Waals surface area (Å²) in [6.07, 6.45) is 0. The van der Waals surface area contributed by atoms with Crippen LogP contribution in [0.4, 0.5) is 5.69 Å². The Hall–Kier alpha value is -3.32. The van der Waals surface area contributed by atoms with Gasteiger partial charge in [0.05, 0.1) is 26.4 Å². The molecule has 1 amide bonds. The largest absolute Gasteiger partial charge is 0.497 e. The predicted octanol–water partition coefficient (Wildman–Crippen LogP) is 3.68. The summed E-state index contributed by atoms with van der Waals surface area (Å²) in [7, 11) is 1.62. The van der Waals surface area contributed by atoms with Crippen LogP contribution in [0.3, 0.4) is 0 Å². The molecule has 0 aliphatic carbocycles. The molecule has 2 heterocycles. The van der Waals surface area contributed by atoms with Gasteiger partial charge in [0.1, 0.15) is 11.4 Å². The zero-order valence-corrected chi connectivity index (χ0v) is 17.1.